The minimum absolute atomic E-state index is 0.248. The van der Waals surface area contributed by atoms with Crippen LogP contribution >= 0.6 is 11.6 Å². The van der Waals surface area contributed by atoms with Gasteiger partial charge in [-0.05, 0) is 45.0 Å². The van der Waals surface area contributed by atoms with E-state index in [0.29, 0.717) is 38.2 Å². The highest BCUT2D eigenvalue weighted by Crippen LogP contribution is 2.42. The fourth-order valence-corrected chi connectivity index (χ4v) is 4.40. The van der Waals surface area contributed by atoms with Crippen LogP contribution in [0.5, 0.6) is 0 Å². The van der Waals surface area contributed by atoms with Crippen molar-refractivity contribution >= 4 is 38.8 Å². The molecule has 0 saturated heterocycles. The fourth-order valence-electron chi connectivity index (χ4n) is 3.55. The average molecular weight is 501 g/mol. The predicted molar refractivity (Wildman–Crippen MR) is 125 cm³/mol. The van der Waals surface area contributed by atoms with Crippen molar-refractivity contribution in [1.29, 1.82) is 0 Å². The molecule has 1 aliphatic carbocycles. The Morgan fingerprint density at radius 3 is 2.50 bits per heavy atom. The minimum atomic E-state index is -4.75. The van der Waals surface area contributed by atoms with Gasteiger partial charge >= 0.3 is 6.09 Å². The van der Waals surface area contributed by atoms with E-state index in [4.69, 9.17) is 20.8 Å². The maximum absolute atomic E-state index is 12.0. The molecule has 2 aromatic carbocycles. The van der Waals surface area contributed by atoms with Crippen LogP contribution in [0.1, 0.15) is 20.8 Å². The zero-order chi connectivity index (χ0) is 24.7. The maximum Gasteiger partial charge on any atom is 0.461 e. The highest BCUT2D eigenvalue weighted by Gasteiger charge is 2.22. The van der Waals surface area contributed by atoms with Gasteiger partial charge in [0.25, 0.3) is 0 Å². The van der Waals surface area contributed by atoms with Gasteiger partial charge in [0.2, 0.25) is 5.36 Å². The summed E-state index contributed by atoms with van der Waals surface area (Å²) in [6.07, 6.45) is -0.662. The van der Waals surface area contributed by atoms with Crippen molar-refractivity contribution in [2.75, 3.05) is 0 Å². The largest absolute Gasteiger partial charge is 0.744 e. The lowest BCUT2D eigenvalue weighted by atomic mass is 9.94. The van der Waals surface area contributed by atoms with Crippen molar-refractivity contribution in [3.8, 4) is 22.5 Å². The number of benzene rings is 3. The molecule has 8 nitrogen and oxygen atoms in total. The number of nitrogens with one attached hydrogen (secondary N) is 2. The smallest absolute Gasteiger partial charge is 0.461 e. The minimum Gasteiger partial charge on any atom is -0.744 e. The summed E-state index contributed by atoms with van der Waals surface area (Å²) >= 11 is 6.16. The molecule has 34 heavy (non-hydrogen) atoms. The van der Waals surface area contributed by atoms with Crippen LogP contribution in [0.15, 0.2) is 70.0 Å². The number of hydrogen-bond acceptors (Lipinski definition) is 6. The van der Waals surface area contributed by atoms with Gasteiger partial charge in [-0.1, -0.05) is 35.2 Å². The SMILES string of the molecule is CC(C)(C)OC(=O)N/[NH+]=c1\ccc2c(-c3ccccc3S(=O)(=O)[O-])c3ccc(Cl)cc3oc-2c1. The number of amides is 1. The van der Waals surface area contributed by atoms with E-state index in [1.54, 1.807) is 69.3 Å². The summed E-state index contributed by atoms with van der Waals surface area (Å²) in [6, 6.07) is 16.0. The molecule has 10 heteroatoms. The third-order valence-corrected chi connectivity index (χ3v) is 5.95. The first-order chi connectivity index (χ1) is 15.9. The molecule has 0 aromatic heterocycles. The number of halogens is 1. The standard InChI is InChI=1S/C24H21ClN2O6S/c1-24(2,3)33-23(28)27-26-15-9-11-17-20(13-15)32-19-12-14(25)8-10-16(19)22(17)18-6-4-5-7-21(18)34(29,30)31/h4-13H,1-3H3,(H,27,28)(H,29,30,31)/b26-15+. The molecule has 2 aromatic rings. The molecule has 1 heterocycles. The van der Waals surface area contributed by atoms with Crippen LogP contribution in [0.3, 0.4) is 0 Å². The first kappa shape index (κ1) is 23.7. The van der Waals surface area contributed by atoms with E-state index in [1.165, 1.54) is 12.1 Å². The number of hydrogen-bond donors (Lipinski definition) is 2. The molecule has 0 unspecified atom stereocenters. The first-order valence-electron chi connectivity index (χ1n) is 10.2. The molecule has 0 fully saturated rings. The highest BCUT2D eigenvalue weighted by molar-refractivity contribution is 7.85. The van der Waals surface area contributed by atoms with Gasteiger partial charge in [-0.15, -0.1) is 5.10 Å². The second-order valence-corrected chi connectivity index (χ2v) is 10.3. The molecule has 0 radical (unpaired) electrons. The van der Waals surface area contributed by atoms with E-state index in [0.717, 1.165) is 0 Å². The molecule has 1 amide bonds. The zero-order valence-corrected chi connectivity index (χ0v) is 20.1. The van der Waals surface area contributed by atoms with Gasteiger partial charge in [-0.2, -0.15) is 0 Å². The molecule has 1 aliphatic heterocycles. The molecule has 2 N–H and O–H groups in total. The molecule has 0 bridgehead atoms. The number of rotatable bonds is 3. The zero-order valence-electron chi connectivity index (χ0n) is 18.5. The van der Waals surface area contributed by atoms with E-state index in [2.05, 4.69) is 10.5 Å². The molecule has 2 aliphatic rings. The van der Waals surface area contributed by atoms with Crippen molar-refractivity contribution in [3.05, 3.63) is 71.0 Å². The van der Waals surface area contributed by atoms with Gasteiger partial charge in [0.15, 0.2) is 0 Å². The Morgan fingerprint density at radius 2 is 1.79 bits per heavy atom. The summed E-state index contributed by atoms with van der Waals surface area (Å²) in [4.78, 5) is 11.6. The van der Waals surface area contributed by atoms with E-state index < -0.39 is 21.8 Å². The van der Waals surface area contributed by atoms with Crippen LogP contribution in [-0.2, 0) is 14.9 Å². The molecule has 4 rings (SSSR count). The van der Waals surface area contributed by atoms with Gasteiger partial charge in [0, 0.05) is 39.2 Å². The molecular formula is C24H21ClN2O6S. The van der Waals surface area contributed by atoms with E-state index >= 15 is 0 Å². The second-order valence-electron chi connectivity index (χ2n) is 8.53. The van der Waals surface area contributed by atoms with Crippen molar-refractivity contribution in [3.63, 3.8) is 0 Å². The molecule has 0 spiro atoms. The summed E-state index contributed by atoms with van der Waals surface area (Å²) in [5.41, 5.74) is 3.50. The average Bonchev–Trinajstić information content (AvgIpc) is 2.74. The van der Waals surface area contributed by atoms with Crippen molar-refractivity contribution in [1.82, 2.24) is 5.43 Å². The van der Waals surface area contributed by atoms with Gasteiger partial charge in [-0.3, -0.25) is 0 Å². The summed E-state index contributed by atoms with van der Waals surface area (Å²) < 4.78 is 47.2. The summed E-state index contributed by atoms with van der Waals surface area (Å²) in [7, 11) is -4.75. The number of carbonyl (C=O) groups excluding carboxylic acids is 1. The summed E-state index contributed by atoms with van der Waals surface area (Å²) in [6.45, 7) is 5.25. The molecule has 0 saturated carbocycles. The van der Waals surface area contributed by atoms with Crippen LogP contribution in [0.2, 0.25) is 5.02 Å². The third kappa shape index (κ3) is 5.06. The number of ether oxygens (including phenoxy) is 1. The number of fused-ring (bicyclic) bond motifs is 2. The van der Waals surface area contributed by atoms with E-state index in [9.17, 15) is 17.8 Å². The maximum atomic E-state index is 12.0. The van der Waals surface area contributed by atoms with Crippen molar-refractivity contribution < 1.29 is 32.0 Å². The summed E-state index contributed by atoms with van der Waals surface area (Å²) in [5.74, 6) is 0.374. The van der Waals surface area contributed by atoms with Crippen molar-refractivity contribution in [2.45, 2.75) is 31.3 Å². The molecule has 176 valence electrons. The van der Waals surface area contributed by atoms with Crippen LogP contribution in [0.25, 0.3) is 33.4 Å². The number of carbonyl (C=O) groups is 1. The van der Waals surface area contributed by atoms with Crippen LogP contribution in [-0.4, -0.2) is 24.7 Å². The van der Waals surface area contributed by atoms with Gasteiger partial charge < -0.3 is 13.7 Å². The van der Waals surface area contributed by atoms with Crippen molar-refractivity contribution in [2.24, 2.45) is 0 Å². The molecule has 0 atom stereocenters. The lowest BCUT2D eigenvalue weighted by molar-refractivity contribution is -0.552. The van der Waals surface area contributed by atoms with Gasteiger partial charge in [0.05, 0.1) is 11.0 Å². The lowest BCUT2D eigenvalue weighted by Crippen LogP contribution is -2.87. The van der Waals surface area contributed by atoms with Crippen LogP contribution < -0.4 is 15.9 Å². The Bertz CT molecular complexity index is 1550. The first-order valence-corrected chi connectivity index (χ1v) is 12.0. The van der Waals surface area contributed by atoms with E-state index in [1.807, 2.05) is 0 Å². The Kier molecular flexibility index (Phi) is 6.11. The fraction of sp³-hybridized carbons (Fsp3) is 0.167. The van der Waals surface area contributed by atoms with Gasteiger partial charge in [-0.25, -0.2) is 13.2 Å². The van der Waals surface area contributed by atoms with E-state index in [-0.39, 0.29) is 10.5 Å². The normalized spacial score (nSPS) is 12.8. The Balaban J connectivity index is 1.95. The topological polar surface area (TPSA) is 123 Å². The Labute approximate surface area is 200 Å². The predicted octanol–water partition coefficient (Wildman–Crippen LogP) is 3.18. The lowest BCUT2D eigenvalue weighted by Gasteiger charge is -2.19. The van der Waals surface area contributed by atoms with Crippen LogP contribution in [0.4, 0.5) is 4.79 Å². The number of hydrazine groups is 1. The molecular weight excluding hydrogens is 480 g/mol. The van der Waals surface area contributed by atoms with Gasteiger partial charge in [0.1, 0.15) is 27.1 Å². The second kappa shape index (κ2) is 8.75. The Morgan fingerprint density at radius 1 is 1.06 bits per heavy atom. The summed E-state index contributed by atoms with van der Waals surface area (Å²) in [5, 5.41) is 4.25. The quantitative estimate of drug-likeness (QED) is 0.253. The monoisotopic (exact) mass is 500 g/mol. The van der Waals surface area contributed by atoms with Crippen LogP contribution in [0, 0.1) is 0 Å². The Hall–Kier alpha value is -3.40. The highest BCUT2D eigenvalue weighted by atomic mass is 35.5. The third-order valence-electron chi connectivity index (χ3n) is 4.82.